The van der Waals surface area contributed by atoms with Crippen molar-refractivity contribution < 1.29 is 9.47 Å². The van der Waals surface area contributed by atoms with Crippen LogP contribution in [0.5, 0.6) is 11.8 Å². The summed E-state index contributed by atoms with van der Waals surface area (Å²) in [7, 11) is 0. The molecule has 0 amide bonds. The minimum Gasteiger partial charge on any atom is -0.478 e. The number of unbranched alkanes of at least 4 members (excludes halogenated alkanes) is 3. The lowest BCUT2D eigenvalue weighted by Crippen LogP contribution is -2.24. The number of aromatic nitrogens is 1. The average Bonchev–Trinajstić information content (AvgIpc) is 2.31. The number of nitrogen functional groups attached to an aromatic ring is 1. The number of anilines is 1. The normalized spacial score (nSPS) is 11.4. The lowest BCUT2D eigenvalue weighted by atomic mass is 10.2. The summed E-state index contributed by atoms with van der Waals surface area (Å²) in [6, 6.07) is 3.56. The molecule has 0 spiro atoms. The van der Waals surface area contributed by atoms with E-state index in [1.165, 1.54) is 19.3 Å². The van der Waals surface area contributed by atoms with Crippen LogP contribution in [0.4, 0.5) is 5.69 Å². The summed E-state index contributed by atoms with van der Waals surface area (Å²) in [6.45, 7) is 8.77. The second kappa shape index (κ2) is 7.22. The molecule has 0 unspecified atom stereocenters. The van der Waals surface area contributed by atoms with Gasteiger partial charge in [0.15, 0.2) is 0 Å². The maximum atomic E-state index is 5.85. The van der Waals surface area contributed by atoms with E-state index in [1.807, 2.05) is 20.8 Å². The van der Waals surface area contributed by atoms with E-state index >= 15 is 0 Å². The molecule has 1 aromatic heterocycles. The molecule has 19 heavy (non-hydrogen) atoms. The largest absolute Gasteiger partial charge is 0.478 e. The highest BCUT2D eigenvalue weighted by Crippen LogP contribution is 2.25. The summed E-state index contributed by atoms with van der Waals surface area (Å²) >= 11 is 0. The highest BCUT2D eigenvalue weighted by atomic mass is 16.5. The third-order valence-corrected chi connectivity index (χ3v) is 2.51. The Balaban J connectivity index is 2.53. The van der Waals surface area contributed by atoms with E-state index in [0.29, 0.717) is 24.1 Å². The van der Waals surface area contributed by atoms with Crippen LogP contribution in [0.25, 0.3) is 0 Å². The van der Waals surface area contributed by atoms with Gasteiger partial charge in [0.25, 0.3) is 0 Å². The Bertz CT molecular complexity index is 386. The van der Waals surface area contributed by atoms with Crippen LogP contribution in [-0.2, 0) is 0 Å². The van der Waals surface area contributed by atoms with Gasteiger partial charge in [0.1, 0.15) is 5.60 Å². The number of nitrogens with two attached hydrogens (primary N) is 1. The molecule has 0 aliphatic carbocycles. The molecule has 0 atom stereocenters. The molecule has 1 rings (SSSR count). The summed E-state index contributed by atoms with van der Waals surface area (Å²) in [5.41, 5.74) is 6.06. The molecule has 4 nitrogen and oxygen atoms in total. The Morgan fingerprint density at radius 1 is 1.16 bits per heavy atom. The Morgan fingerprint density at radius 3 is 2.53 bits per heavy atom. The van der Waals surface area contributed by atoms with Crippen LogP contribution in [0.3, 0.4) is 0 Å². The molecule has 0 saturated carbocycles. The van der Waals surface area contributed by atoms with Crippen molar-refractivity contribution in [3.63, 3.8) is 0 Å². The third kappa shape index (κ3) is 6.32. The van der Waals surface area contributed by atoms with Crippen LogP contribution < -0.4 is 15.2 Å². The predicted molar refractivity (Wildman–Crippen MR) is 78.7 cm³/mol. The van der Waals surface area contributed by atoms with Gasteiger partial charge in [-0.1, -0.05) is 26.2 Å². The molecule has 0 bridgehead atoms. The SMILES string of the molecule is CCCCCCOc1ccc(N)c(OC(C)(C)C)n1. The maximum Gasteiger partial charge on any atom is 0.241 e. The van der Waals surface area contributed by atoms with Gasteiger partial charge >= 0.3 is 0 Å². The van der Waals surface area contributed by atoms with E-state index in [9.17, 15) is 0 Å². The average molecular weight is 266 g/mol. The first kappa shape index (κ1) is 15.6. The number of hydrogen-bond donors (Lipinski definition) is 1. The van der Waals surface area contributed by atoms with Gasteiger partial charge in [0, 0.05) is 6.07 Å². The first-order valence-electron chi connectivity index (χ1n) is 7.00. The number of hydrogen-bond acceptors (Lipinski definition) is 4. The Labute approximate surface area is 116 Å². The maximum absolute atomic E-state index is 5.85. The summed E-state index contributed by atoms with van der Waals surface area (Å²) < 4.78 is 11.3. The van der Waals surface area contributed by atoms with Gasteiger partial charge in [-0.15, -0.1) is 0 Å². The molecule has 0 aliphatic rings. The van der Waals surface area contributed by atoms with Crippen LogP contribution >= 0.6 is 0 Å². The number of rotatable bonds is 7. The molecule has 0 saturated heterocycles. The van der Waals surface area contributed by atoms with Gasteiger partial charge in [0.05, 0.1) is 12.3 Å². The van der Waals surface area contributed by atoms with Gasteiger partial charge in [-0.3, -0.25) is 0 Å². The van der Waals surface area contributed by atoms with Crippen molar-refractivity contribution >= 4 is 5.69 Å². The molecule has 4 heteroatoms. The summed E-state index contributed by atoms with van der Waals surface area (Å²) in [4.78, 5) is 4.31. The van der Waals surface area contributed by atoms with Crippen LogP contribution in [0.1, 0.15) is 53.4 Å². The minimum atomic E-state index is -0.319. The van der Waals surface area contributed by atoms with Crippen molar-refractivity contribution in [1.82, 2.24) is 4.98 Å². The zero-order valence-corrected chi connectivity index (χ0v) is 12.5. The fourth-order valence-corrected chi connectivity index (χ4v) is 1.59. The van der Waals surface area contributed by atoms with Crippen molar-refractivity contribution in [2.75, 3.05) is 12.3 Å². The molecule has 0 fully saturated rings. The molecule has 0 aliphatic heterocycles. The van der Waals surface area contributed by atoms with E-state index in [-0.39, 0.29) is 5.60 Å². The molecule has 0 aromatic carbocycles. The first-order chi connectivity index (χ1) is 8.92. The predicted octanol–water partition coefficient (Wildman–Crippen LogP) is 3.80. The van der Waals surface area contributed by atoms with Crippen LogP contribution in [-0.4, -0.2) is 17.2 Å². The molecular weight excluding hydrogens is 240 g/mol. The third-order valence-electron chi connectivity index (χ3n) is 2.51. The Kier molecular flexibility index (Phi) is 5.93. The second-order valence-electron chi connectivity index (χ2n) is 5.67. The fraction of sp³-hybridized carbons (Fsp3) is 0.667. The molecular formula is C15H26N2O2. The van der Waals surface area contributed by atoms with Gasteiger partial charge in [-0.25, -0.2) is 0 Å². The van der Waals surface area contributed by atoms with E-state index in [1.54, 1.807) is 12.1 Å². The highest BCUT2D eigenvalue weighted by Gasteiger charge is 2.15. The van der Waals surface area contributed by atoms with Gasteiger partial charge in [-0.2, -0.15) is 4.98 Å². The smallest absolute Gasteiger partial charge is 0.241 e. The molecule has 108 valence electrons. The molecule has 1 heterocycles. The van der Waals surface area contributed by atoms with Gasteiger partial charge in [-0.05, 0) is 33.3 Å². The van der Waals surface area contributed by atoms with Crippen molar-refractivity contribution in [2.24, 2.45) is 0 Å². The summed E-state index contributed by atoms with van der Waals surface area (Å²) in [5, 5.41) is 0. The van der Waals surface area contributed by atoms with Crippen molar-refractivity contribution in [3.05, 3.63) is 12.1 Å². The van der Waals surface area contributed by atoms with Crippen LogP contribution in [0.2, 0.25) is 0 Å². The van der Waals surface area contributed by atoms with Gasteiger partial charge in [0.2, 0.25) is 11.8 Å². The fourth-order valence-electron chi connectivity index (χ4n) is 1.59. The lowest BCUT2D eigenvalue weighted by molar-refractivity contribution is 0.123. The summed E-state index contributed by atoms with van der Waals surface area (Å²) in [5.74, 6) is 1.02. The van der Waals surface area contributed by atoms with Crippen molar-refractivity contribution in [3.8, 4) is 11.8 Å². The zero-order chi connectivity index (χ0) is 14.3. The van der Waals surface area contributed by atoms with E-state index < -0.39 is 0 Å². The molecule has 2 N–H and O–H groups in total. The minimum absolute atomic E-state index is 0.319. The monoisotopic (exact) mass is 266 g/mol. The molecule has 0 radical (unpaired) electrons. The number of pyridine rings is 1. The van der Waals surface area contributed by atoms with Crippen LogP contribution in [0, 0.1) is 0 Å². The zero-order valence-electron chi connectivity index (χ0n) is 12.5. The first-order valence-corrected chi connectivity index (χ1v) is 7.00. The Morgan fingerprint density at radius 2 is 1.89 bits per heavy atom. The number of nitrogens with zero attached hydrogens (tertiary/aromatic N) is 1. The van der Waals surface area contributed by atoms with Crippen LogP contribution in [0.15, 0.2) is 12.1 Å². The van der Waals surface area contributed by atoms with E-state index in [0.717, 1.165) is 6.42 Å². The second-order valence-corrected chi connectivity index (χ2v) is 5.67. The lowest BCUT2D eigenvalue weighted by Gasteiger charge is -2.21. The quantitative estimate of drug-likeness (QED) is 0.763. The van der Waals surface area contributed by atoms with Crippen molar-refractivity contribution in [2.45, 2.75) is 59.0 Å². The number of ether oxygens (including phenoxy) is 2. The standard InChI is InChI=1S/C15H26N2O2/c1-5-6-7-8-11-18-13-10-9-12(16)14(17-13)19-15(2,3)4/h9-10H,5-8,11,16H2,1-4H3. The topological polar surface area (TPSA) is 57.4 Å². The van der Waals surface area contributed by atoms with Crippen molar-refractivity contribution in [1.29, 1.82) is 0 Å². The highest BCUT2D eigenvalue weighted by molar-refractivity contribution is 5.49. The summed E-state index contributed by atoms with van der Waals surface area (Å²) in [6.07, 6.45) is 4.72. The molecule has 1 aromatic rings. The van der Waals surface area contributed by atoms with E-state index in [4.69, 9.17) is 15.2 Å². The van der Waals surface area contributed by atoms with E-state index in [2.05, 4.69) is 11.9 Å². The Hall–Kier alpha value is -1.45. The van der Waals surface area contributed by atoms with Gasteiger partial charge < -0.3 is 15.2 Å².